The standard InChI is InChI=1S/C6H3N3O6/c10-6(11)5-3(8(12)13)1-7-2-4(5)9(14)15/h1-2H,(H,10,11). The summed E-state index contributed by atoms with van der Waals surface area (Å²) in [6, 6.07) is 0. The molecule has 1 heterocycles. The van der Waals surface area contributed by atoms with Gasteiger partial charge in [-0.05, 0) is 0 Å². The molecule has 0 saturated carbocycles. The van der Waals surface area contributed by atoms with E-state index < -0.39 is 32.8 Å². The summed E-state index contributed by atoms with van der Waals surface area (Å²) in [7, 11) is 0. The van der Waals surface area contributed by atoms with Gasteiger partial charge < -0.3 is 5.11 Å². The van der Waals surface area contributed by atoms with Crippen LogP contribution in [-0.2, 0) is 0 Å². The molecule has 0 spiro atoms. The number of carboxylic acids is 1. The molecule has 0 bridgehead atoms. The predicted octanol–water partition coefficient (Wildman–Crippen LogP) is 0.596. The summed E-state index contributed by atoms with van der Waals surface area (Å²) < 4.78 is 0. The lowest BCUT2D eigenvalue weighted by Crippen LogP contribution is -2.07. The van der Waals surface area contributed by atoms with Crippen LogP contribution in [0.2, 0.25) is 0 Å². The molecule has 0 aliphatic heterocycles. The van der Waals surface area contributed by atoms with Crippen molar-refractivity contribution in [1.82, 2.24) is 4.98 Å². The van der Waals surface area contributed by atoms with Gasteiger partial charge in [0.05, 0.1) is 9.85 Å². The number of hydrogen-bond acceptors (Lipinski definition) is 6. The third-order valence-corrected chi connectivity index (χ3v) is 1.51. The lowest BCUT2D eigenvalue weighted by molar-refractivity contribution is -0.395. The van der Waals surface area contributed by atoms with Crippen molar-refractivity contribution in [3.63, 3.8) is 0 Å². The molecule has 1 aromatic heterocycles. The van der Waals surface area contributed by atoms with E-state index in [9.17, 15) is 25.0 Å². The Bertz CT molecular complexity index is 424. The van der Waals surface area contributed by atoms with Crippen LogP contribution in [0.1, 0.15) is 10.4 Å². The second-order valence-corrected chi connectivity index (χ2v) is 2.37. The Kier molecular flexibility index (Phi) is 2.56. The van der Waals surface area contributed by atoms with Crippen molar-refractivity contribution >= 4 is 17.3 Å². The highest BCUT2D eigenvalue weighted by Crippen LogP contribution is 2.26. The molecule has 0 radical (unpaired) electrons. The minimum Gasteiger partial charge on any atom is -0.477 e. The van der Waals surface area contributed by atoms with Gasteiger partial charge in [-0.3, -0.25) is 25.2 Å². The highest BCUT2D eigenvalue weighted by atomic mass is 16.6. The lowest BCUT2D eigenvalue weighted by Gasteiger charge is -1.97. The summed E-state index contributed by atoms with van der Waals surface area (Å²) in [6.45, 7) is 0. The maximum atomic E-state index is 10.6. The van der Waals surface area contributed by atoms with Crippen LogP contribution in [-0.4, -0.2) is 25.9 Å². The Morgan fingerprint density at radius 3 is 1.87 bits per heavy atom. The third kappa shape index (κ3) is 1.85. The number of aromatic nitrogens is 1. The van der Waals surface area contributed by atoms with Crippen molar-refractivity contribution in [2.24, 2.45) is 0 Å². The molecule has 78 valence electrons. The SMILES string of the molecule is O=C(O)c1c([N+](=O)[O-])cncc1[N+](=O)[O-]. The molecule has 0 saturated heterocycles. The van der Waals surface area contributed by atoms with Crippen LogP contribution in [0.25, 0.3) is 0 Å². The first-order valence-corrected chi connectivity index (χ1v) is 3.45. The van der Waals surface area contributed by atoms with Gasteiger partial charge in [0.2, 0.25) is 5.56 Å². The Hall–Kier alpha value is -2.58. The fourth-order valence-electron chi connectivity index (χ4n) is 0.935. The van der Waals surface area contributed by atoms with Crippen molar-refractivity contribution in [3.05, 3.63) is 38.2 Å². The topological polar surface area (TPSA) is 136 Å². The fraction of sp³-hybridized carbons (Fsp3) is 0. The zero-order valence-corrected chi connectivity index (χ0v) is 6.98. The van der Waals surface area contributed by atoms with Gasteiger partial charge in [-0.25, -0.2) is 4.79 Å². The van der Waals surface area contributed by atoms with Gasteiger partial charge in [0, 0.05) is 0 Å². The first-order valence-electron chi connectivity index (χ1n) is 3.45. The van der Waals surface area contributed by atoms with E-state index in [4.69, 9.17) is 5.11 Å². The Balaban J connectivity index is 3.56. The van der Waals surface area contributed by atoms with E-state index in [1.807, 2.05) is 0 Å². The van der Waals surface area contributed by atoms with Gasteiger partial charge in [0.1, 0.15) is 12.4 Å². The second-order valence-electron chi connectivity index (χ2n) is 2.37. The number of carboxylic acid groups (broad SMARTS) is 1. The number of carbonyl (C=O) groups is 1. The van der Waals surface area contributed by atoms with Gasteiger partial charge >= 0.3 is 17.3 Å². The fourth-order valence-corrected chi connectivity index (χ4v) is 0.935. The highest BCUT2D eigenvalue weighted by molar-refractivity contribution is 5.96. The van der Waals surface area contributed by atoms with Gasteiger partial charge in [-0.2, -0.15) is 0 Å². The molecule has 15 heavy (non-hydrogen) atoms. The minimum atomic E-state index is -1.74. The number of hydrogen-bond donors (Lipinski definition) is 1. The number of nitro groups is 2. The van der Waals surface area contributed by atoms with Gasteiger partial charge in [0.25, 0.3) is 0 Å². The average molecular weight is 213 g/mol. The van der Waals surface area contributed by atoms with E-state index in [0.717, 1.165) is 0 Å². The molecule has 0 atom stereocenters. The maximum absolute atomic E-state index is 10.6. The summed E-state index contributed by atoms with van der Waals surface area (Å²) >= 11 is 0. The van der Waals surface area contributed by atoms with Crippen LogP contribution in [0, 0.1) is 20.2 Å². The van der Waals surface area contributed by atoms with Gasteiger partial charge in [0.15, 0.2) is 0 Å². The summed E-state index contributed by atoms with van der Waals surface area (Å²) in [4.78, 5) is 32.5. The van der Waals surface area contributed by atoms with E-state index in [1.54, 1.807) is 0 Å². The van der Waals surface area contributed by atoms with Gasteiger partial charge in [-0.1, -0.05) is 0 Å². The number of nitrogens with zero attached hydrogens (tertiary/aromatic N) is 3. The van der Waals surface area contributed by atoms with Crippen LogP contribution in [0.15, 0.2) is 12.4 Å². The zero-order chi connectivity index (χ0) is 11.6. The molecule has 0 aromatic carbocycles. The Morgan fingerprint density at radius 2 is 1.60 bits per heavy atom. The molecule has 1 N–H and O–H groups in total. The molecule has 0 unspecified atom stereocenters. The smallest absolute Gasteiger partial charge is 0.350 e. The zero-order valence-electron chi connectivity index (χ0n) is 6.98. The second kappa shape index (κ2) is 3.65. The van der Waals surface area contributed by atoms with Crippen LogP contribution in [0.5, 0.6) is 0 Å². The van der Waals surface area contributed by atoms with Crippen molar-refractivity contribution in [1.29, 1.82) is 0 Å². The van der Waals surface area contributed by atoms with Crippen molar-refractivity contribution < 1.29 is 19.7 Å². The van der Waals surface area contributed by atoms with E-state index in [2.05, 4.69) is 4.98 Å². The summed E-state index contributed by atoms with van der Waals surface area (Å²) in [5.41, 5.74) is -2.78. The monoisotopic (exact) mass is 213 g/mol. The van der Waals surface area contributed by atoms with Crippen LogP contribution in [0.3, 0.4) is 0 Å². The summed E-state index contributed by atoms with van der Waals surface area (Å²) in [5.74, 6) is -1.74. The van der Waals surface area contributed by atoms with Crippen molar-refractivity contribution in [3.8, 4) is 0 Å². The summed E-state index contributed by atoms with van der Waals surface area (Å²) in [5, 5.41) is 29.4. The van der Waals surface area contributed by atoms with Crippen molar-refractivity contribution in [2.45, 2.75) is 0 Å². The first kappa shape index (κ1) is 10.5. The molecule has 0 amide bonds. The molecular weight excluding hydrogens is 210 g/mol. The van der Waals surface area contributed by atoms with E-state index in [0.29, 0.717) is 12.4 Å². The van der Waals surface area contributed by atoms with Crippen LogP contribution < -0.4 is 0 Å². The molecule has 0 fully saturated rings. The molecule has 0 aliphatic carbocycles. The van der Waals surface area contributed by atoms with Crippen molar-refractivity contribution in [2.75, 3.05) is 0 Å². The number of aromatic carboxylic acids is 1. The predicted molar refractivity (Wildman–Crippen MR) is 44.5 cm³/mol. The van der Waals surface area contributed by atoms with E-state index in [-0.39, 0.29) is 0 Å². The average Bonchev–Trinajstić information content (AvgIpc) is 2.16. The minimum absolute atomic E-state index is 0.649. The van der Waals surface area contributed by atoms with E-state index in [1.165, 1.54) is 0 Å². The first-order chi connectivity index (χ1) is 6.95. The molecule has 1 aromatic rings. The maximum Gasteiger partial charge on any atom is 0.350 e. The lowest BCUT2D eigenvalue weighted by atomic mass is 10.2. The molecule has 0 aliphatic rings. The van der Waals surface area contributed by atoms with Crippen LogP contribution >= 0.6 is 0 Å². The molecule has 9 nitrogen and oxygen atoms in total. The quantitative estimate of drug-likeness (QED) is 0.572. The number of pyridine rings is 1. The third-order valence-electron chi connectivity index (χ3n) is 1.51. The van der Waals surface area contributed by atoms with Gasteiger partial charge in [-0.15, -0.1) is 0 Å². The Morgan fingerprint density at radius 1 is 1.20 bits per heavy atom. The normalized spacial score (nSPS) is 9.60. The molecular formula is C6H3N3O6. The largest absolute Gasteiger partial charge is 0.477 e. The highest BCUT2D eigenvalue weighted by Gasteiger charge is 2.30. The molecule has 9 heteroatoms. The van der Waals surface area contributed by atoms with Crippen LogP contribution in [0.4, 0.5) is 11.4 Å². The molecule has 1 rings (SSSR count). The Labute approximate surface area is 81.3 Å². The number of rotatable bonds is 3. The summed E-state index contributed by atoms with van der Waals surface area (Å²) in [6.07, 6.45) is 1.30. The van der Waals surface area contributed by atoms with E-state index >= 15 is 0 Å².